The lowest BCUT2D eigenvalue weighted by molar-refractivity contribution is -0.0903. The molecule has 2 bridgehead atoms. The number of allylic oxidation sites excluding steroid dienone is 1. The van der Waals surface area contributed by atoms with Crippen LogP contribution in [0, 0.1) is 23.2 Å². The minimum atomic E-state index is 0.636. The monoisotopic (exact) mass is 150 g/mol. The molecule has 11 heavy (non-hydrogen) atoms. The van der Waals surface area contributed by atoms with E-state index >= 15 is 0 Å². The van der Waals surface area contributed by atoms with Gasteiger partial charge >= 0.3 is 0 Å². The van der Waals surface area contributed by atoms with E-state index in [0.717, 1.165) is 17.8 Å². The molecule has 0 aromatic carbocycles. The predicted octanol–water partition coefficient (Wildman–Crippen LogP) is 3.24. The van der Waals surface area contributed by atoms with E-state index in [1.54, 1.807) is 0 Å². The first-order chi connectivity index (χ1) is 5.16. The van der Waals surface area contributed by atoms with Crippen molar-refractivity contribution in [1.29, 1.82) is 0 Å². The molecular formula is C11H18. The highest BCUT2D eigenvalue weighted by Gasteiger charge is 2.53. The minimum Gasteiger partial charge on any atom is -0.103 e. The van der Waals surface area contributed by atoms with Gasteiger partial charge in [0.2, 0.25) is 0 Å². The van der Waals surface area contributed by atoms with E-state index < -0.39 is 0 Å². The first kappa shape index (κ1) is 7.39. The van der Waals surface area contributed by atoms with Gasteiger partial charge in [-0.3, -0.25) is 0 Å². The lowest BCUT2D eigenvalue weighted by Gasteiger charge is -2.59. The van der Waals surface area contributed by atoms with Crippen molar-refractivity contribution >= 4 is 0 Å². The molecule has 3 unspecified atom stereocenters. The maximum Gasteiger partial charge on any atom is -0.0202 e. The number of hydrogen-bond donors (Lipinski definition) is 0. The molecule has 0 aromatic heterocycles. The largest absolute Gasteiger partial charge is 0.103 e. The molecule has 3 aliphatic carbocycles. The van der Waals surface area contributed by atoms with Crippen molar-refractivity contribution in [1.82, 2.24) is 0 Å². The SMILES string of the molecule is C=CC1CCC2CC1C2(C)C. The molecule has 3 rings (SSSR count). The Morgan fingerprint density at radius 2 is 2.09 bits per heavy atom. The van der Waals surface area contributed by atoms with Crippen LogP contribution in [0.4, 0.5) is 0 Å². The number of fused-ring (bicyclic) bond motifs is 2. The highest BCUT2D eigenvalue weighted by atomic mass is 14.6. The summed E-state index contributed by atoms with van der Waals surface area (Å²) < 4.78 is 0. The summed E-state index contributed by atoms with van der Waals surface area (Å²) in [6, 6.07) is 0. The Kier molecular flexibility index (Phi) is 1.42. The van der Waals surface area contributed by atoms with Gasteiger partial charge in [0.1, 0.15) is 0 Å². The first-order valence-corrected chi connectivity index (χ1v) is 4.79. The molecule has 3 aliphatic rings. The molecule has 0 spiro atoms. The summed E-state index contributed by atoms with van der Waals surface area (Å²) in [5.74, 6) is 2.82. The van der Waals surface area contributed by atoms with Crippen molar-refractivity contribution in [3.63, 3.8) is 0 Å². The van der Waals surface area contributed by atoms with Crippen LogP contribution in [0.2, 0.25) is 0 Å². The van der Waals surface area contributed by atoms with Gasteiger partial charge in [-0.1, -0.05) is 19.9 Å². The summed E-state index contributed by atoms with van der Waals surface area (Å²) >= 11 is 0. The third kappa shape index (κ3) is 0.816. The Labute approximate surface area is 69.7 Å². The van der Waals surface area contributed by atoms with Crippen LogP contribution in [-0.2, 0) is 0 Å². The maximum absolute atomic E-state index is 3.92. The maximum atomic E-state index is 3.92. The van der Waals surface area contributed by atoms with E-state index in [9.17, 15) is 0 Å². The molecule has 0 heteroatoms. The molecule has 0 N–H and O–H groups in total. The van der Waals surface area contributed by atoms with Gasteiger partial charge in [0.05, 0.1) is 0 Å². The molecule has 0 aliphatic heterocycles. The van der Waals surface area contributed by atoms with E-state index in [0.29, 0.717) is 5.41 Å². The molecule has 3 fully saturated rings. The van der Waals surface area contributed by atoms with Gasteiger partial charge in [0.15, 0.2) is 0 Å². The average Bonchev–Trinajstić information content (AvgIpc) is 2.04. The van der Waals surface area contributed by atoms with Gasteiger partial charge in [-0.25, -0.2) is 0 Å². The zero-order valence-corrected chi connectivity index (χ0v) is 7.64. The Morgan fingerprint density at radius 1 is 1.36 bits per heavy atom. The topological polar surface area (TPSA) is 0 Å². The number of rotatable bonds is 1. The Balaban J connectivity index is 2.16. The van der Waals surface area contributed by atoms with E-state index in [1.165, 1.54) is 19.3 Å². The quantitative estimate of drug-likeness (QED) is 0.503. The van der Waals surface area contributed by atoms with Crippen molar-refractivity contribution in [2.45, 2.75) is 33.1 Å². The molecule has 0 nitrogen and oxygen atoms in total. The Bertz CT molecular complexity index is 176. The zero-order valence-electron chi connectivity index (χ0n) is 7.64. The zero-order chi connectivity index (χ0) is 8.06. The second kappa shape index (κ2) is 2.12. The van der Waals surface area contributed by atoms with Crippen LogP contribution in [0.15, 0.2) is 12.7 Å². The molecule has 0 aromatic rings. The smallest absolute Gasteiger partial charge is 0.0202 e. The summed E-state index contributed by atoms with van der Waals surface area (Å²) in [6.07, 6.45) is 6.51. The van der Waals surface area contributed by atoms with Crippen molar-refractivity contribution < 1.29 is 0 Å². The van der Waals surface area contributed by atoms with E-state index in [1.807, 2.05) is 0 Å². The van der Waals surface area contributed by atoms with Crippen molar-refractivity contribution in [3.05, 3.63) is 12.7 Å². The third-order valence-corrected chi connectivity index (χ3v) is 4.21. The van der Waals surface area contributed by atoms with Crippen LogP contribution in [0.3, 0.4) is 0 Å². The highest BCUT2D eigenvalue weighted by Crippen LogP contribution is 2.61. The lowest BCUT2D eigenvalue weighted by atomic mass is 9.46. The second-order valence-electron chi connectivity index (χ2n) is 4.84. The van der Waals surface area contributed by atoms with Crippen LogP contribution in [-0.4, -0.2) is 0 Å². The minimum absolute atomic E-state index is 0.636. The molecule has 3 saturated carbocycles. The van der Waals surface area contributed by atoms with Crippen molar-refractivity contribution in [2.75, 3.05) is 0 Å². The normalized spacial score (nSPS) is 46.2. The third-order valence-electron chi connectivity index (χ3n) is 4.21. The number of hydrogen-bond acceptors (Lipinski definition) is 0. The molecule has 0 amide bonds. The van der Waals surface area contributed by atoms with Gasteiger partial charge < -0.3 is 0 Å². The Hall–Kier alpha value is -0.260. The molecule has 62 valence electrons. The fourth-order valence-electron chi connectivity index (χ4n) is 3.15. The van der Waals surface area contributed by atoms with Crippen LogP contribution in [0.1, 0.15) is 33.1 Å². The van der Waals surface area contributed by atoms with Crippen LogP contribution >= 0.6 is 0 Å². The van der Waals surface area contributed by atoms with Crippen LogP contribution in [0.25, 0.3) is 0 Å². The molecule has 0 saturated heterocycles. The van der Waals surface area contributed by atoms with Crippen LogP contribution < -0.4 is 0 Å². The summed E-state index contributed by atoms with van der Waals surface area (Å²) in [7, 11) is 0. The second-order valence-corrected chi connectivity index (χ2v) is 4.84. The summed E-state index contributed by atoms with van der Waals surface area (Å²) in [5.41, 5.74) is 0.636. The van der Waals surface area contributed by atoms with E-state index in [2.05, 4.69) is 26.5 Å². The molecule has 0 radical (unpaired) electrons. The summed E-state index contributed by atoms with van der Waals surface area (Å²) in [6.45, 7) is 8.79. The van der Waals surface area contributed by atoms with Gasteiger partial charge in [0, 0.05) is 0 Å². The standard InChI is InChI=1S/C11H18/c1-4-8-5-6-9-7-10(8)11(9,2)3/h4,8-10H,1,5-7H2,2-3H3. The highest BCUT2D eigenvalue weighted by molar-refractivity contribution is 5.06. The van der Waals surface area contributed by atoms with Gasteiger partial charge in [-0.2, -0.15) is 0 Å². The molecule has 3 atom stereocenters. The summed E-state index contributed by atoms with van der Waals surface area (Å²) in [5, 5.41) is 0. The predicted molar refractivity (Wildman–Crippen MR) is 48.3 cm³/mol. The fourth-order valence-corrected chi connectivity index (χ4v) is 3.15. The van der Waals surface area contributed by atoms with Crippen molar-refractivity contribution in [2.24, 2.45) is 23.2 Å². The molecular weight excluding hydrogens is 132 g/mol. The fraction of sp³-hybridized carbons (Fsp3) is 0.818. The van der Waals surface area contributed by atoms with Gasteiger partial charge in [0.25, 0.3) is 0 Å². The molecule has 0 heterocycles. The van der Waals surface area contributed by atoms with Gasteiger partial charge in [-0.05, 0) is 42.4 Å². The van der Waals surface area contributed by atoms with Crippen molar-refractivity contribution in [3.8, 4) is 0 Å². The average molecular weight is 150 g/mol. The summed E-state index contributed by atoms with van der Waals surface area (Å²) in [4.78, 5) is 0. The van der Waals surface area contributed by atoms with Gasteiger partial charge in [-0.15, -0.1) is 6.58 Å². The van der Waals surface area contributed by atoms with Crippen LogP contribution in [0.5, 0.6) is 0 Å². The lowest BCUT2D eigenvalue weighted by Crippen LogP contribution is -2.51. The Morgan fingerprint density at radius 3 is 2.45 bits per heavy atom. The van der Waals surface area contributed by atoms with E-state index in [-0.39, 0.29) is 0 Å². The van der Waals surface area contributed by atoms with E-state index in [4.69, 9.17) is 0 Å². The first-order valence-electron chi connectivity index (χ1n) is 4.79.